The molecular formula is C10H9BrN4S. The molecular weight excluding hydrogens is 288 g/mol. The predicted octanol–water partition coefficient (Wildman–Crippen LogP) is 2.61. The third-order valence-corrected chi connectivity index (χ3v) is 2.99. The normalized spacial score (nSPS) is 10.4. The van der Waals surface area contributed by atoms with Crippen LogP contribution >= 0.6 is 27.7 Å². The van der Waals surface area contributed by atoms with Crippen LogP contribution in [0.4, 0.5) is 5.95 Å². The standard InChI is InChI=1S/C10H9BrN4S/c1-16-10-14-8(13-9(12)15-10)6-2-4-7(11)5-3-6/h2-5H,1H3,(H2,12,13,14,15). The van der Waals surface area contributed by atoms with E-state index in [9.17, 15) is 0 Å². The Balaban J connectivity index is 2.47. The summed E-state index contributed by atoms with van der Waals surface area (Å²) in [5, 5.41) is 0.630. The first kappa shape index (κ1) is 11.3. The Morgan fingerprint density at radius 1 is 1.12 bits per heavy atom. The maximum Gasteiger partial charge on any atom is 0.224 e. The van der Waals surface area contributed by atoms with Crippen molar-refractivity contribution in [1.29, 1.82) is 0 Å². The number of halogens is 1. The lowest BCUT2D eigenvalue weighted by atomic mass is 10.2. The fourth-order valence-electron chi connectivity index (χ4n) is 1.19. The van der Waals surface area contributed by atoms with Crippen LogP contribution in [0.25, 0.3) is 11.4 Å². The first-order valence-electron chi connectivity index (χ1n) is 4.50. The minimum Gasteiger partial charge on any atom is -0.368 e. The first-order valence-corrected chi connectivity index (χ1v) is 6.52. The van der Waals surface area contributed by atoms with Crippen molar-refractivity contribution in [3.63, 3.8) is 0 Å². The van der Waals surface area contributed by atoms with Gasteiger partial charge in [0, 0.05) is 10.0 Å². The van der Waals surface area contributed by atoms with E-state index >= 15 is 0 Å². The second-order valence-corrected chi connectivity index (χ2v) is 4.70. The molecule has 2 N–H and O–H groups in total. The molecule has 0 saturated heterocycles. The van der Waals surface area contributed by atoms with Crippen molar-refractivity contribution in [2.45, 2.75) is 5.16 Å². The van der Waals surface area contributed by atoms with Crippen LogP contribution in [0, 0.1) is 0 Å². The minimum atomic E-state index is 0.247. The molecule has 0 amide bonds. The molecule has 0 spiro atoms. The Labute approximate surface area is 106 Å². The van der Waals surface area contributed by atoms with Crippen molar-refractivity contribution in [2.75, 3.05) is 12.0 Å². The van der Waals surface area contributed by atoms with Gasteiger partial charge in [-0.15, -0.1) is 0 Å². The fourth-order valence-corrected chi connectivity index (χ4v) is 1.82. The highest BCUT2D eigenvalue weighted by Gasteiger charge is 2.05. The Kier molecular flexibility index (Phi) is 3.40. The van der Waals surface area contributed by atoms with Gasteiger partial charge in [-0.25, -0.2) is 4.98 Å². The van der Waals surface area contributed by atoms with E-state index in [4.69, 9.17) is 5.73 Å². The molecule has 0 radical (unpaired) electrons. The lowest BCUT2D eigenvalue weighted by molar-refractivity contribution is 0.927. The summed E-state index contributed by atoms with van der Waals surface area (Å²) in [6.45, 7) is 0. The lowest BCUT2D eigenvalue weighted by Crippen LogP contribution is -2.01. The molecule has 0 bridgehead atoms. The van der Waals surface area contributed by atoms with Crippen molar-refractivity contribution >= 4 is 33.6 Å². The average molecular weight is 297 g/mol. The van der Waals surface area contributed by atoms with Gasteiger partial charge in [0.2, 0.25) is 5.95 Å². The van der Waals surface area contributed by atoms with Crippen molar-refractivity contribution in [1.82, 2.24) is 15.0 Å². The molecule has 1 heterocycles. The predicted molar refractivity (Wildman–Crippen MR) is 69.2 cm³/mol. The van der Waals surface area contributed by atoms with Crippen LogP contribution in [0.5, 0.6) is 0 Å². The quantitative estimate of drug-likeness (QED) is 0.863. The topological polar surface area (TPSA) is 64.7 Å². The largest absolute Gasteiger partial charge is 0.368 e. The lowest BCUT2D eigenvalue weighted by Gasteiger charge is -2.03. The SMILES string of the molecule is CSc1nc(N)nc(-c2ccc(Br)cc2)n1. The van der Waals surface area contributed by atoms with E-state index in [0.29, 0.717) is 11.0 Å². The van der Waals surface area contributed by atoms with Crippen molar-refractivity contribution < 1.29 is 0 Å². The third-order valence-electron chi connectivity index (χ3n) is 1.92. The summed E-state index contributed by atoms with van der Waals surface area (Å²) in [5.74, 6) is 0.849. The zero-order chi connectivity index (χ0) is 11.5. The summed E-state index contributed by atoms with van der Waals surface area (Å²) >= 11 is 4.82. The Bertz CT molecular complexity index is 501. The van der Waals surface area contributed by atoms with Crippen LogP contribution in [0.15, 0.2) is 33.9 Å². The van der Waals surface area contributed by atoms with Crippen molar-refractivity contribution in [2.24, 2.45) is 0 Å². The van der Waals surface area contributed by atoms with Gasteiger partial charge >= 0.3 is 0 Å². The molecule has 0 aliphatic carbocycles. The molecule has 16 heavy (non-hydrogen) atoms. The number of aromatic nitrogens is 3. The van der Waals surface area contributed by atoms with E-state index in [-0.39, 0.29) is 5.95 Å². The van der Waals surface area contributed by atoms with Crippen molar-refractivity contribution in [3.05, 3.63) is 28.7 Å². The highest BCUT2D eigenvalue weighted by Crippen LogP contribution is 2.20. The Morgan fingerprint density at radius 3 is 2.44 bits per heavy atom. The molecule has 0 unspecified atom stereocenters. The van der Waals surface area contributed by atoms with E-state index in [1.54, 1.807) is 0 Å². The number of benzene rings is 1. The summed E-state index contributed by atoms with van der Waals surface area (Å²) in [6, 6.07) is 7.74. The van der Waals surface area contributed by atoms with E-state index in [1.807, 2.05) is 30.5 Å². The number of rotatable bonds is 2. The number of hydrogen-bond acceptors (Lipinski definition) is 5. The van der Waals surface area contributed by atoms with Gasteiger partial charge in [0.05, 0.1) is 0 Å². The molecule has 0 aliphatic heterocycles. The minimum absolute atomic E-state index is 0.247. The average Bonchev–Trinajstić information content (AvgIpc) is 2.29. The Morgan fingerprint density at radius 2 is 1.81 bits per heavy atom. The fraction of sp³-hybridized carbons (Fsp3) is 0.100. The van der Waals surface area contributed by atoms with E-state index in [0.717, 1.165) is 10.0 Å². The zero-order valence-electron chi connectivity index (χ0n) is 8.51. The Hall–Kier alpha value is -1.14. The second kappa shape index (κ2) is 4.80. The van der Waals surface area contributed by atoms with Gasteiger partial charge in [-0.3, -0.25) is 0 Å². The van der Waals surface area contributed by atoms with Crippen molar-refractivity contribution in [3.8, 4) is 11.4 Å². The van der Waals surface area contributed by atoms with Gasteiger partial charge < -0.3 is 5.73 Å². The van der Waals surface area contributed by atoms with E-state index in [1.165, 1.54) is 11.8 Å². The molecule has 1 aromatic heterocycles. The van der Waals surface area contributed by atoms with Crippen LogP contribution in [0.2, 0.25) is 0 Å². The maximum absolute atomic E-state index is 5.62. The van der Waals surface area contributed by atoms with Gasteiger partial charge in [0.25, 0.3) is 0 Å². The summed E-state index contributed by atoms with van der Waals surface area (Å²) in [5.41, 5.74) is 6.54. The van der Waals surface area contributed by atoms with Crippen LogP contribution < -0.4 is 5.73 Å². The van der Waals surface area contributed by atoms with Crippen LogP contribution in [0.1, 0.15) is 0 Å². The summed E-state index contributed by atoms with van der Waals surface area (Å²) in [4.78, 5) is 12.4. The van der Waals surface area contributed by atoms with E-state index in [2.05, 4.69) is 30.9 Å². The summed E-state index contributed by atoms with van der Waals surface area (Å²) in [7, 11) is 0. The number of nitrogens with zero attached hydrogens (tertiary/aromatic N) is 3. The first-order chi connectivity index (χ1) is 7.69. The number of thioether (sulfide) groups is 1. The zero-order valence-corrected chi connectivity index (χ0v) is 10.9. The van der Waals surface area contributed by atoms with Gasteiger partial charge in [-0.2, -0.15) is 9.97 Å². The molecule has 6 heteroatoms. The molecule has 0 aliphatic rings. The molecule has 1 aromatic carbocycles. The van der Waals surface area contributed by atoms with Gasteiger partial charge in [0.1, 0.15) is 0 Å². The number of nitrogens with two attached hydrogens (primary N) is 1. The second-order valence-electron chi connectivity index (χ2n) is 3.01. The third kappa shape index (κ3) is 2.51. The van der Waals surface area contributed by atoms with Crippen LogP contribution in [0.3, 0.4) is 0 Å². The van der Waals surface area contributed by atoms with Gasteiger partial charge in [-0.1, -0.05) is 39.8 Å². The maximum atomic E-state index is 5.62. The molecule has 82 valence electrons. The van der Waals surface area contributed by atoms with Gasteiger partial charge in [-0.05, 0) is 18.4 Å². The monoisotopic (exact) mass is 296 g/mol. The molecule has 0 saturated carbocycles. The molecule has 4 nitrogen and oxygen atoms in total. The number of hydrogen-bond donors (Lipinski definition) is 1. The summed E-state index contributed by atoms with van der Waals surface area (Å²) in [6.07, 6.45) is 1.90. The number of anilines is 1. The molecule has 2 aromatic rings. The van der Waals surface area contributed by atoms with Crippen LogP contribution in [-0.2, 0) is 0 Å². The molecule has 2 rings (SSSR count). The molecule has 0 atom stereocenters. The highest BCUT2D eigenvalue weighted by molar-refractivity contribution is 9.10. The highest BCUT2D eigenvalue weighted by atomic mass is 79.9. The number of nitrogen functional groups attached to an aromatic ring is 1. The van der Waals surface area contributed by atoms with Gasteiger partial charge in [0.15, 0.2) is 11.0 Å². The smallest absolute Gasteiger partial charge is 0.224 e. The summed E-state index contributed by atoms with van der Waals surface area (Å²) < 4.78 is 1.02. The van der Waals surface area contributed by atoms with Crippen LogP contribution in [-0.4, -0.2) is 21.2 Å². The molecule has 0 fully saturated rings. The van der Waals surface area contributed by atoms with E-state index < -0.39 is 0 Å².